The first-order chi connectivity index (χ1) is 8.26. The van der Waals surface area contributed by atoms with Gasteiger partial charge in [-0.25, -0.2) is 0 Å². The zero-order valence-electron chi connectivity index (χ0n) is 9.66. The first-order valence-electron chi connectivity index (χ1n) is 6.22. The Kier molecular flexibility index (Phi) is 2.83. The summed E-state index contributed by atoms with van der Waals surface area (Å²) in [5.74, 6) is 2.60. The van der Waals surface area contributed by atoms with Gasteiger partial charge in [0.05, 0.1) is 0 Å². The van der Waals surface area contributed by atoms with Crippen LogP contribution in [0.25, 0.3) is 0 Å². The third-order valence-corrected chi connectivity index (χ3v) is 4.27. The smallest absolute Gasteiger partial charge is 0.227 e. The van der Waals surface area contributed by atoms with Crippen LogP contribution in [0.2, 0.25) is 0 Å². The summed E-state index contributed by atoms with van der Waals surface area (Å²) < 4.78 is 0. The minimum Gasteiger partial charge on any atom is -0.326 e. The van der Waals surface area contributed by atoms with Crippen molar-refractivity contribution in [2.24, 2.45) is 17.8 Å². The molecule has 2 unspecified atom stereocenters. The monoisotopic (exact) mass is 249 g/mol. The predicted molar refractivity (Wildman–Crippen MR) is 68.9 cm³/mol. The fraction of sp³-hybridized carbons (Fsp3) is 0.500. The summed E-state index contributed by atoms with van der Waals surface area (Å²) in [6.07, 6.45) is 3.53. The largest absolute Gasteiger partial charge is 0.326 e. The normalized spacial score (nSPS) is 29.8. The number of alkyl halides is 1. The van der Waals surface area contributed by atoms with E-state index in [-0.39, 0.29) is 11.8 Å². The Morgan fingerprint density at radius 2 is 2.06 bits per heavy atom. The molecule has 2 nitrogen and oxygen atoms in total. The van der Waals surface area contributed by atoms with Gasteiger partial charge in [0.2, 0.25) is 5.91 Å². The number of fused-ring (bicyclic) bond motifs is 1. The van der Waals surface area contributed by atoms with Crippen LogP contribution in [-0.4, -0.2) is 5.91 Å². The molecular formula is C14H16ClNO. The number of anilines is 1. The molecule has 1 amide bonds. The quantitative estimate of drug-likeness (QED) is 0.818. The van der Waals surface area contributed by atoms with Gasteiger partial charge in [-0.3, -0.25) is 4.79 Å². The summed E-state index contributed by atoms with van der Waals surface area (Å²) in [6.45, 7) is 0. The Balaban J connectivity index is 1.63. The summed E-state index contributed by atoms with van der Waals surface area (Å²) in [4.78, 5) is 12.0. The molecule has 1 aromatic carbocycles. The van der Waals surface area contributed by atoms with Crippen LogP contribution in [0.3, 0.4) is 0 Å². The van der Waals surface area contributed by atoms with Gasteiger partial charge in [-0.05, 0) is 48.8 Å². The Hall–Kier alpha value is -1.02. The topological polar surface area (TPSA) is 29.1 Å². The molecule has 0 spiro atoms. The highest BCUT2D eigenvalue weighted by atomic mass is 35.5. The molecule has 1 aromatic rings. The summed E-state index contributed by atoms with van der Waals surface area (Å²) >= 11 is 5.77. The van der Waals surface area contributed by atoms with Gasteiger partial charge >= 0.3 is 0 Å². The number of halogens is 1. The molecule has 0 aromatic heterocycles. The van der Waals surface area contributed by atoms with Crippen molar-refractivity contribution in [2.45, 2.75) is 25.1 Å². The molecule has 17 heavy (non-hydrogen) atoms. The fourth-order valence-electron chi connectivity index (χ4n) is 2.91. The lowest BCUT2D eigenvalue weighted by Gasteiger charge is -2.12. The van der Waals surface area contributed by atoms with Gasteiger partial charge in [-0.15, -0.1) is 11.6 Å². The standard InChI is InChI=1S/C14H16ClNO/c15-8-9-2-1-3-13(4-9)16-14(17)12-6-10-5-11(10)7-12/h1-4,10-12H,5-8H2,(H,16,17). The first-order valence-corrected chi connectivity index (χ1v) is 6.75. The first kappa shape index (κ1) is 11.1. The van der Waals surface area contributed by atoms with E-state index in [4.69, 9.17) is 11.6 Å². The molecular weight excluding hydrogens is 234 g/mol. The molecule has 2 aliphatic carbocycles. The van der Waals surface area contributed by atoms with Gasteiger partial charge in [0, 0.05) is 17.5 Å². The second kappa shape index (κ2) is 4.34. The van der Waals surface area contributed by atoms with Crippen molar-refractivity contribution in [1.82, 2.24) is 0 Å². The Morgan fingerprint density at radius 1 is 1.29 bits per heavy atom. The highest BCUT2D eigenvalue weighted by Gasteiger charge is 2.47. The van der Waals surface area contributed by atoms with Crippen molar-refractivity contribution in [1.29, 1.82) is 0 Å². The third kappa shape index (κ3) is 2.32. The molecule has 2 saturated carbocycles. The maximum Gasteiger partial charge on any atom is 0.227 e. The Morgan fingerprint density at radius 3 is 2.76 bits per heavy atom. The second-order valence-corrected chi connectivity index (χ2v) is 5.51. The van der Waals surface area contributed by atoms with E-state index in [0.29, 0.717) is 5.88 Å². The van der Waals surface area contributed by atoms with Crippen molar-refractivity contribution in [3.05, 3.63) is 29.8 Å². The molecule has 90 valence electrons. The molecule has 3 rings (SSSR count). The lowest BCUT2D eigenvalue weighted by molar-refractivity contribution is -0.120. The van der Waals surface area contributed by atoms with Crippen LogP contribution in [0, 0.1) is 17.8 Å². The molecule has 1 N–H and O–H groups in total. The van der Waals surface area contributed by atoms with E-state index in [1.807, 2.05) is 24.3 Å². The summed E-state index contributed by atoms with van der Waals surface area (Å²) in [7, 11) is 0. The predicted octanol–water partition coefficient (Wildman–Crippen LogP) is 3.41. The number of carbonyl (C=O) groups is 1. The molecule has 0 aliphatic heterocycles. The van der Waals surface area contributed by atoms with Crippen molar-refractivity contribution in [3.63, 3.8) is 0 Å². The Labute approximate surface area is 106 Å². The molecule has 2 atom stereocenters. The minimum absolute atomic E-state index is 0.184. The van der Waals surface area contributed by atoms with Crippen LogP contribution < -0.4 is 5.32 Å². The van der Waals surface area contributed by atoms with E-state index >= 15 is 0 Å². The number of hydrogen-bond acceptors (Lipinski definition) is 1. The van der Waals surface area contributed by atoms with Gasteiger partial charge < -0.3 is 5.32 Å². The zero-order valence-corrected chi connectivity index (χ0v) is 10.4. The number of hydrogen-bond donors (Lipinski definition) is 1. The third-order valence-electron chi connectivity index (χ3n) is 3.96. The fourth-order valence-corrected chi connectivity index (χ4v) is 3.07. The van der Waals surface area contributed by atoms with E-state index in [1.54, 1.807) is 0 Å². The Bertz CT molecular complexity index is 436. The maximum atomic E-state index is 12.0. The lowest BCUT2D eigenvalue weighted by atomic mass is 10.0. The molecule has 3 heteroatoms. The van der Waals surface area contributed by atoms with E-state index in [9.17, 15) is 4.79 Å². The van der Waals surface area contributed by atoms with E-state index in [1.165, 1.54) is 6.42 Å². The minimum atomic E-state index is 0.184. The van der Waals surface area contributed by atoms with E-state index in [0.717, 1.165) is 35.9 Å². The van der Waals surface area contributed by atoms with E-state index < -0.39 is 0 Å². The molecule has 0 heterocycles. The highest BCUT2D eigenvalue weighted by Crippen LogP contribution is 2.54. The molecule has 0 radical (unpaired) electrons. The van der Waals surface area contributed by atoms with Gasteiger partial charge in [0.1, 0.15) is 0 Å². The molecule has 2 aliphatic rings. The van der Waals surface area contributed by atoms with Crippen molar-refractivity contribution >= 4 is 23.2 Å². The average Bonchev–Trinajstić information content (AvgIpc) is 2.96. The van der Waals surface area contributed by atoms with Crippen LogP contribution in [0.1, 0.15) is 24.8 Å². The van der Waals surface area contributed by atoms with Crippen molar-refractivity contribution in [3.8, 4) is 0 Å². The number of carbonyl (C=O) groups excluding carboxylic acids is 1. The van der Waals surface area contributed by atoms with E-state index in [2.05, 4.69) is 5.32 Å². The molecule has 0 bridgehead atoms. The summed E-state index contributed by atoms with van der Waals surface area (Å²) in [5, 5.41) is 3.00. The van der Waals surface area contributed by atoms with Crippen LogP contribution in [0.5, 0.6) is 0 Å². The maximum absolute atomic E-state index is 12.0. The van der Waals surface area contributed by atoms with Crippen molar-refractivity contribution < 1.29 is 4.79 Å². The summed E-state index contributed by atoms with van der Waals surface area (Å²) in [6, 6.07) is 7.76. The van der Waals surface area contributed by atoms with Gasteiger partial charge in [0.25, 0.3) is 0 Å². The molecule has 2 fully saturated rings. The summed E-state index contributed by atoms with van der Waals surface area (Å²) in [5.41, 5.74) is 1.91. The SMILES string of the molecule is O=C(Nc1cccc(CCl)c1)C1CC2CC2C1. The number of rotatable bonds is 3. The van der Waals surface area contributed by atoms with Crippen LogP contribution >= 0.6 is 11.6 Å². The lowest BCUT2D eigenvalue weighted by Crippen LogP contribution is -2.21. The number of nitrogens with one attached hydrogen (secondary N) is 1. The van der Waals surface area contributed by atoms with Crippen LogP contribution in [0.4, 0.5) is 5.69 Å². The number of benzene rings is 1. The van der Waals surface area contributed by atoms with Gasteiger partial charge in [-0.2, -0.15) is 0 Å². The van der Waals surface area contributed by atoms with Crippen LogP contribution in [0.15, 0.2) is 24.3 Å². The average molecular weight is 250 g/mol. The number of amides is 1. The highest BCUT2D eigenvalue weighted by molar-refractivity contribution is 6.17. The van der Waals surface area contributed by atoms with Gasteiger partial charge in [-0.1, -0.05) is 12.1 Å². The zero-order chi connectivity index (χ0) is 11.8. The molecule has 0 saturated heterocycles. The van der Waals surface area contributed by atoms with Gasteiger partial charge in [0.15, 0.2) is 0 Å². The van der Waals surface area contributed by atoms with Crippen molar-refractivity contribution in [2.75, 3.05) is 5.32 Å². The van der Waals surface area contributed by atoms with Crippen LogP contribution in [-0.2, 0) is 10.7 Å². The second-order valence-electron chi connectivity index (χ2n) is 5.25.